The first-order chi connectivity index (χ1) is 10.2. The molecule has 2 aromatic carbocycles. The monoisotopic (exact) mass is 278 g/mol. The second-order valence-corrected chi connectivity index (χ2v) is 5.03. The molecule has 0 heterocycles. The largest absolute Gasteiger partial charge is 0.340 e. The van der Waals surface area contributed by atoms with Crippen LogP contribution < -0.4 is 5.32 Å². The van der Waals surface area contributed by atoms with Gasteiger partial charge in [-0.25, -0.2) is 0 Å². The molecule has 0 amide bonds. The Morgan fingerprint density at radius 1 is 1.14 bits per heavy atom. The van der Waals surface area contributed by atoms with Gasteiger partial charge in [-0.05, 0) is 48.2 Å². The van der Waals surface area contributed by atoms with E-state index in [1.807, 2.05) is 0 Å². The molecule has 0 aliphatic rings. The molecule has 2 nitrogen and oxygen atoms in total. The van der Waals surface area contributed by atoms with Crippen LogP contribution in [0.5, 0.6) is 0 Å². The molecular weight excluding hydrogens is 256 g/mol. The zero-order chi connectivity index (χ0) is 15.2. The molecule has 0 radical (unpaired) electrons. The van der Waals surface area contributed by atoms with Crippen LogP contribution in [0.3, 0.4) is 0 Å². The van der Waals surface area contributed by atoms with Crippen LogP contribution in [0.25, 0.3) is 11.1 Å². The van der Waals surface area contributed by atoms with E-state index in [-0.39, 0.29) is 0 Å². The lowest BCUT2D eigenvalue weighted by atomic mass is 9.99. The quantitative estimate of drug-likeness (QED) is 0.627. The van der Waals surface area contributed by atoms with Crippen LogP contribution in [-0.2, 0) is 6.42 Å². The zero-order valence-electron chi connectivity index (χ0n) is 13.0. The molecule has 0 unspecified atom stereocenters. The van der Waals surface area contributed by atoms with Crippen molar-refractivity contribution < 1.29 is 0 Å². The van der Waals surface area contributed by atoms with Crippen LogP contribution in [0.1, 0.15) is 18.1 Å². The summed E-state index contributed by atoms with van der Waals surface area (Å²) in [6.45, 7) is 8.03. The second kappa shape index (κ2) is 6.89. The van der Waals surface area contributed by atoms with Crippen molar-refractivity contribution in [2.24, 2.45) is 4.99 Å². The molecule has 0 atom stereocenters. The summed E-state index contributed by atoms with van der Waals surface area (Å²) in [4.78, 5) is 4.15. The lowest BCUT2D eigenvalue weighted by molar-refractivity contribution is 1.14. The molecule has 0 aliphatic carbocycles. The van der Waals surface area contributed by atoms with Crippen molar-refractivity contribution in [2.45, 2.75) is 20.3 Å². The number of rotatable bonds is 4. The van der Waals surface area contributed by atoms with Gasteiger partial charge in [0.1, 0.15) is 5.84 Å². The van der Waals surface area contributed by atoms with E-state index in [4.69, 9.17) is 0 Å². The van der Waals surface area contributed by atoms with E-state index in [1.54, 1.807) is 13.1 Å². The number of benzene rings is 2. The number of hydrogen-bond acceptors (Lipinski definition) is 1. The summed E-state index contributed by atoms with van der Waals surface area (Å²) in [5.41, 5.74) is 6.13. The lowest BCUT2D eigenvalue weighted by Crippen LogP contribution is -2.10. The standard InChI is InChI=1S/C19H22N2/c1-5-15-13-17(16-9-7-14(3)8-10-16)11-12-18(15)21-19(6-2)20-4/h6-13H,2,5H2,1,3-4H3,(H,20,21). The third kappa shape index (κ3) is 3.60. The SMILES string of the molecule is C=CC(=NC)Nc1ccc(-c2ccc(C)cc2)cc1CC. The molecule has 2 heteroatoms. The number of nitrogens with zero attached hydrogens (tertiary/aromatic N) is 1. The number of aryl methyl sites for hydroxylation is 2. The molecule has 0 bridgehead atoms. The van der Waals surface area contributed by atoms with E-state index in [2.05, 4.69) is 73.2 Å². The number of amidine groups is 1. The summed E-state index contributed by atoms with van der Waals surface area (Å²) in [5.74, 6) is 0.785. The second-order valence-electron chi connectivity index (χ2n) is 5.03. The van der Waals surface area contributed by atoms with Gasteiger partial charge < -0.3 is 5.32 Å². The van der Waals surface area contributed by atoms with Gasteiger partial charge in [-0.15, -0.1) is 0 Å². The predicted octanol–water partition coefficient (Wildman–Crippen LogP) is 4.85. The first-order valence-electron chi connectivity index (χ1n) is 7.24. The van der Waals surface area contributed by atoms with E-state index in [0.717, 1.165) is 17.9 Å². The Morgan fingerprint density at radius 2 is 1.81 bits per heavy atom. The normalized spacial score (nSPS) is 11.3. The van der Waals surface area contributed by atoms with E-state index < -0.39 is 0 Å². The van der Waals surface area contributed by atoms with Crippen molar-refractivity contribution in [1.29, 1.82) is 0 Å². The Balaban J connectivity index is 2.36. The van der Waals surface area contributed by atoms with Crippen molar-refractivity contribution in [3.8, 4) is 11.1 Å². The fourth-order valence-corrected chi connectivity index (χ4v) is 2.27. The number of nitrogens with one attached hydrogen (secondary N) is 1. The molecular formula is C19H22N2. The summed E-state index contributed by atoms with van der Waals surface area (Å²) in [6, 6.07) is 15.1. The molecule has 2 rings (SSSR count). The third-order valence-corrected chi connectivity index (χ3v) is 3.57. The molecule has 0 spiro atoms. The average molecular weight is 278 g/mol. The van der Waals surface area contributed by atoms with Crippen molar-refractivity contribution in [2.75, 3.05) is 12.4 Å². The highest BCUT2D eigenvalue weighted by Gasteiger charge is 2.05. The topological polar surface area (TPSA) is 24.4 Å². The van der Waals surface area contributed by atoms with Crippen molar-refractivity contribution in [1.82, 2.24) is 0 Å². The molecule has 0 saturated heterocycles. The van der Waals surface area contributed by atoms with Crippen LogP contribution in [0.2, 0.25) is 0 Å². The van der Waals surface area contributed by atoms with Gasteiger partial charge in [-0.2, -0.15) is 0 Å². The van der Waals surface area contributed by atoms with Crippen LogP contribution in [0, 0.1) is 6.92 Å². The fourth-order valence-electron chi connectivity index (χ4n) is 2.27. The minimum Gasteiger partial charge on any atom is -0.340 e. The minimum absolute atomic E-state index is 0.785. The maximum Gasteiger partial charge on any atom is 0.124 e. The van der Waals surface area contributed by atoms with Gasteiger partial charge >= 0.3 is 0 Å². The van der Waals surface area contributed by atoms with Crippen LogP contribution in [0.15, 0.2) is 60.1 Å². The lowest BCUT2D eigenvalue weighted by Gasteiger charge is -2.13. The summed E-state index contributed by atoms with van der Waals surface area (Å²) >= 11 is 0. The third-order valence-electron chi connectivity index (χ3n) is 3.57. The molecule has 0 aromatic heterocycles. The minimum atomic E-state index is 0.785. The maximum atomic E-state index is 4.15. The van der Waals surface area contributed by atoms with E-state index in [9.17, 15) is 0 Å². The van der Waals surface area contributed by atoms with Crippen LogP contribution in [0.4, 0.5) is 5.69 Å². The molecule has 108 valence electrons. The Bertz CT molecular complexity index is 652. The number of anilines is 1. The smallest absolute Gasteiger partial charge is 0.124 e. The average Bonchev–Trinajstić information content (AvgIpc) is 2.53. The van der Waals surface area contributed by atoms with Gasteiger partial charge in [-0.3, -0.25) is 4.99 Å². The maximum absolute atomic E-state index is 4.15. The number of aliphatic imine (C=N–C) groups is 1. The summed E-state index contributed by atoms with van der Waals surface area (Å²) in [6.07, 6.45) is 2.70. The van der Waals surface area contributed by atoms with Crippen molar-refractivity contribution in [3.05, 3.63) is 66.2 Å². The predicted molar refractivity (Wildman–Crippen MR) is 93.2 cm³/mol. The summed E-state index contributed by atoms with van der Waals surface area (Å²) in [5, 5.41) is 3.32. The van der Waals surface area contributed by atoms with Crippen LogP contribution >= 0.6 is 0 Å². The zero-order valence-corrected chi connectivity index (χ0v) is 13.0. The highest BCUT2D eigenvalue weighted by molar-refractivity contribution is 6.03. The molecule has 0 fully saturated rings. The molecule has 2 aromatic rings. The summed E-state index contributed by atoms with van der Waals surface area (Å²) in [7, 11) is 1.76. The van der Waals surface area contributed by atoms with Gasteiger partial charge in [0.15, 0.2) is 0 Å². The Hall–Kier alpha value is -2.35. The van der Waals surface area contributed by atoms with Crippen molar-refractivity contribution >= 4 is 11.5 Å². The van der Waals surface area contributed by atoms with Crippen LogP contribution in [-0.4, -0.2) is 12.9 Å². The molecule has 0 saturated carbocycles. The van der Waals surface area contributed by atoms with Gasteiger partial charge in [0.25, 0.3) is 0 Å². The van der Waals surface area contributed by atoms with Crippen molar-refractivity contribution in [3.63, 3.8) is 0 Å². The molecule has 1 N–H and O–H groups in total. The molecule has 21 heavy (non-hydrogen) atoms. The van der Waals surface area contributed by atoms with E-state index >= 15 is 0 Å². The Kier molecular flexibility index (Phi) is 4.94. The van der Waals surface area contributed by atoms with Gasteiger partial charge in [0, 0.05) is 12.7 Å². The van der Waals surface area contributed by atoms with Gasteiger partial charge in [-0.1, -0.05) is 49.4 Å². The summed E-state index contributed by atoms with van der Waals surface area (Å²) < 4.78 is 0. The first kappa shape index (κ1) is 15.0. The first-order valence-corrected chi connectivity index (χ1v) is 7.24. The fraction of sp³-hybridized carbons (Fsp3) is 0.211. The highest BCUT2D eigenvalue weighted by atomic mass is 15.0. The van der Waals surface area contributed by atoms with E-state index in [1.165, 1.54) is 22.3 Å². The number of hydrogen-bond donors (Lipinski definition) is 1. The van der Waals surface area contributed by atoms with E-state index in [0.29, 0.717) is 0 Å². The van der Waals surface area contributed by atoms with Gasteiger partial charge in [0.05, 0.1) is 0 Å². The van der Waals surface area contributed by atoms with Gasteiger partial charge in [0.2, 0.25) is 0 Å². The Labute approximate surface area is 127 Å². The highest BCUT2D eigenvalue weighted by Crippen LogP contribution is 2.26. The molecule has 0 aliphatic heterocycles. The Morgan fingerprint density at radius 3 is 2.38 bits per heavy atom.